The van der Waals surface area contributed by atoms with E-state index in [1.165, 1.54) is 36.4 Å². The third kappa shape index (κ3) is 5.93. The van der Waals surface area contributed by atoms with Gasteiger partial charge in [0.2, 0.25) is 0 Å². The maximum absolute atomic E-state index is 15.1. The van der Waals surface area contributed by atoms with Crippen molar-refractivity contribution in [3.63, 3.8) is 0 Å². The Labute approximate surface area is 225 Å². The fraction of sp³-hybridized carbons (Fsp3) is 0.333. The van der Waals surface area contributed by atoms with Crippen LogP contribution in [0, 0.1) is 34.9 Å². The number of aryl methyl sites for hydroxylation is 3. The van der Waals surface area contributed by atoms with Crippen molar-refractivity contribution >= 4 is 37.7 Å². The van der Waals surface area contributed by atoms with E-state index in [-0.39, 0.29) is 36.0 Å². The summed E-state index contributed by atoms with van der Waals surface area (Å²) >= 11 is 0. The van der Waals surface area contributed by atoms with Gasteiger partial charge in [-0.3, -0.25) is 0 Å². The summed E-state index contributed by atoms with van der Waals surface area (Å²) in [6.45, 7) is 5.43. The standard InChI is InChI=1S/C27H27B3F6O3/c1-4-7-16-10-13-19(25(34)22(16)31)28-37-29(20-14-11-17(8-5-2)23(32)26(20)35)39-30(38-28)21-15-12-18(9-6-3)24(33)27(21)36/h10-15H,4-9H2,1-3H3. The lowest BCUT2D eigenvalue weighted by Gasteiger charge is -2.32. The van der Waals surface area contributed by atoms with Gasteiger partial charge in [0.1, 0.15) is 0 Å². The zero-order valence-electron chi connectivity index (χ0n) is 21.9. The monoisotopic (exact) mass is 546 g/mol. The molecule has 0 bridgehead atoms. The Hall–Kier alpha value is -2.69. The van der Waals surface area contributed by atoms with Crippen LogP contribution in [0.2, 0.25) is 0 Å². The van der Waals surface area contributed by atoms with Crippen LogP contribution in [0.3, 0.4) is 0 Å². The summed E-state index contributed by atoms with van der Waals surface area (Å²) in [4.78, 5) is 0. The molecule has 0 aliphatic carbocycles. The lowest BCUT2D eigenvalue weighted by molar-refractivity contribution is 0.304. The molecule has 0 radical (unpaired) electrons. The van der Waals surface area contributed by atoms with Crippen LogP contribution in [0.4, 0.5) is 26.3 Å². The molecule has 1 fully saturated rings. The Morgan fingerprint density at radius 1 is 0.436 bits per heavy atom. The van der Waals surface area contributed by atoms with E-state index >= 15 is 13.2 Å². The molecule has 1 saturated heterocycles. The summed E-state index contributed by atoms with van der Waals surface area (Å²) in [5.41, 5.74) is -0.762. The third-order valence-corrected chi connectivity index (χ3v) is 6.64. The Morgan fingerprint density at radius 3 is 0.923 bits per heavy atom. The molecule has 0 N–H and O–H groups in total. The summed E-state index contributed by atoms with van der Waals surface area (Å²) in [5.74, 6) is -7.11. The first-order valence-electron chi connectivity index (χ1n) is 13.1. The van der Waals surface area contributed by atoms with Crippen molar-refractivity contribution < 1.29 is 40.1 Å². The molecule has 0 atom stereocenters. The molecule has 0 amide bonds. The second-order valence-electron chi connectivity index (χ2n) is 9.48. The zero-order valence-corrected chi connectivity index (χ0v) is 21.9. The SMILES string of the molecule is CCCc1ccc(B2OB(c3ccc(CCC)c(F)c3F)OB(c3ccc(CCC)c(F)c3F)O2)c(F)c1F. The summed E-state index contributed by atoms with van der Waals surface area (Å²) in [6.07, 6.45) is 2.57. The Kier molecular flexibility index (Phi) is 9.51. The molecule has 39 heavy (non-hydrogen) atoms. The molecule has 0 unspecified atom stereocenters. The van der Waals surface area contributed by atoms with E-state index in [0.717, 1.165) is 0 Å². The van der Waals surface area contributed by atoms with Gasteiger partial charge in [0.25, 0.3) is 0 Å². The predicted molar refractivity (Wildman–Crippen MR) is 140 cm³/mol. The van der Waals surface area contributed by atoms with Gasteiger partial charge in [-0.05, 0) is 36.0 Å². The molecule has 3 aromatic carbocycles. The van der Waals surface area contributed by atoms with Crippen LogP contribution in [0.25, 0.3) is 0 Å². The highest BCUT2D eigenvalue weighted by Gasteiger charge is 2.47. The summed E-state index contributed by atoms with van der Waals surface area (Å²) in [5, 5.41) is 0. The molecule has 3 aromatic rings. The second kappa shape index (κ2) is 12.7. The molecule has 1 aliphatic heterocycles. The second-order valence-corrected chi connectivity index (χ2v) is 9.48. The van der Waals surface area contributed by atoms with Crippen LogP contribution in [-0.2, 0) is 33.0 Å². The minimum absolute atomic E-state index is 0.137. The van der Waals surface area contributed by atoms with Crippen molar-refractivity contribution in [3.8, 4) is 0 Å². The van der Waals surface area contributed by atoms with Crippen LogP contribution >= 0.6 is 0 Å². The molecule has 3 nitrogen and oxygen atoms in total. The zero-order chi connectivity index (χ0) is 28.3. The maximum Gasteiger partial charge on any atom is 0.470 e. The average Bonchev–Trinajstić information content (AvgIpc) is 2.92. The van der Waals surface area contributed by atoms with Crippen molar-refractivity contribution in [3.05, 3.63) is 88.0 Å². The molecule has 204 valence electrons. The Bertz CT molecular complexity index is 1180. The van der Waals surface area contributed by atoms with E-state index in [1.54, 1.807) is 0 Å². The smallest absolute Gasteiger partial charge is 0.444 e. The highest BCUT2D eigenvalue weighted by molar-refractivity contribution is 6.87. The minimum atomic E-state index is -1.71. The molecule has 4 rings (SSSR count). The Morgan fingerprint density at radius 2 is 0.692 bits per heavy atom. The lowest BCUT2D eigenvalue weighted by atomic mass is 9.61. The largest absolute Gasteiger partial charge is 0.470 e. The van der Waals surface area contributed by atoms with E-state index in [1.807, 2.05) is 20.8 Å². The van der Waals surface area contributed by atoms with Gasteiger partial charge < -0.3 is 13.7 Å². The van der Waals surface area contributed by atoms with Gasteiger partial charge >= 0.3 is 21.4 Å². The molecule has 0 saturated carbocycles. The summed E-state index contributed by atoms with van der Waals surface area (Å²) < 4.78 is 107. The van der Waals surface area contributed by atoms with E-state index in [4.69, 9.17) is 13.7 Å². The van der Waals surface area contributed by atoms with E-state index in [0.29, 0.717) is 19.3 Å². The highest BCUT2D eigenvalue weighted by atomic mass is 19.2. The van der Waals surface area contributed by atoms with Crippen molar-refractivity contribution in [2.45, 2.75) is 59.3 Å². The van der Waals surface area contributed by atoms with Crippen molar-refractivity contribution in [1.82, 2.24) is 0 Å². The van der Waals surface area contributed by atoms with Gasteiger partial charge in [-0.2, -0.15) is 0 Å². The van der Waals surface area contributed by atoms with Gasteiger partial charge in [0, 0.05) is 16.4 Å². The van der Waals surface area contributed by atoms with Crippen molar-refractivity contribution in [2.24, 2.45) is 0 Å². The summed E-state index contributed by atoms with van der Waals surface area (Å²) in [7, 11) is -5.14. The van der Waals surface area contributed by atoms with Crippen molar-refractivity contribution in [2.75, 3.05) is 0 Å². The molecular formula is C27H27B3F6O3. The topological polar surface area (TPSA) is 27.7 Å². The maximum atomic E-state index is 15.1. The normalized spacial score (nSPS) is 13.9. The first kappa shape index (κ1) is 29.3. The fourth-order valence-electron chi connectivity index (χ4n) is 4.62. The average molecular weight is 546 g/mol. The van der Waals surface area contributed by atoms with Gasteiger partial charge in [-0.1, -0.05) is 76.4 Å². The van der Waals surface area contributed by atoms with Gasteiger partial charge in [-0.15, -0.1) is 0 Å². The lowest BCUT2D eigenvalue weighted by Crippen LogP contribution is -2.63. The van der Waals surface area contributed by atoms with Crippen LogP contribution in [0.1, 0.15) is 56.7 Å². The summed E-state index contributed by atoms with van der Waals surface area (Å²) in [6, 6.07) is 7.83. The van der Waals surface area contributed by atoms with Gasteiger partial charge in [-0.25, -0.2) is 26.3 Å². The van der Waals surface area contributed by atoms with Crippen molar-refractivity contribution in [1.29, 1.82) is 0 Å². The predicted octanol–water partition coefficient (Wildman–Crippen LogP) is 4.93. The number of hydrogen-bond donors (Lipinski definition) is 0. The van der Waals surface area contributed by atoms with E-state index in [2.05, 4.69) is 0 Å². The van der Waals surface area contributed by atoms with Crippen LogP contribution in [0.5, 0.6) is 0 Å². The molecule has 0 aromatic heterocycles. The number of benzene rings is 3. The minimum Gasteiger partial charge on any atom is -0.444 e. The third-order valence-electron chi connectivity index (χ3n) is 6.64. The first-order chi connectivity index (χ1) is 18.7. The molecule has 1 heterocycles. The quantitative estimate of drug-likeness (QED) is 0.282. The van der Waals surface area contributed by atoms with Gasteiger partial charge in [0.15, 0.2) is 34.9 Å². The van der Waals surface area contributed by atoms with Crippen LogP contribution in [0.15, 0.2) is 36.4 Å². The number of hydrogen-bond acceptors (Lipinski definition) is 3. The van der Waals surface area contributed by atoms with E-state index < -0.39 is 72.6 Å². The molecule has 12 heteroatoms. The van der Waals surface area contributed by atoms with Crippen LogP contribution < -0.4 is 16.4 Å². The molecule has 0 spiro atoms. The molecule has 1 aliphatic rings. The number of rotatable bonds is 9. The number of halogens is 6. The first-order valence-corrected chi connectivity index (χ1v) is 13.1. The highest BCUT2D eigenvalue weighted by Crippen LogP contribution is 2.20. The van der Waals surface area contributed by atoms with Crippen LogP contribution in [-0.4, -0.2) is 21.4 Å². The molecular weight excluding hydrogens is 519 g/mol. The van der Waals surface area contributed by atoms with Gasteiger partial charge in [0.05, 0.1) is 0 Å². The fourth-order valence-corrected chi connectivity index (χ4v) is 4.62. The Balaban J connectivity index is 1.79. The van der Waals surface area contributed by atoms with E-state index in [9.17, 15) is 13.2 Å².